The van der Waals surface area contributed by atoms with Crippen molar-refractivity contribution in [2.24, 2.45) is 12.8 Å². The zero-order chi connectivity index (χ0) is 11.5. The van der Waals surface area contributed by atoms with Crippen molar-refractivity contribution >= 4 is 0 Å². The molecule has 2 heterocycles. The predicted octanol–water partition coefficient (Wildman–Crippen LogP) is 2.09. The van der Waals surface area contributed by atoms with E-state index in [1.807, 2.05) is 24.0 Å². The van der Waals surface area contributed by atoms with Crippen molar-refractivity contribution in [3.8, 4) is 11.1 Å². The number of hydrogen-bond acceptors (Lipinski definition) is 3. The van der Waals surface area contributed by atoms with Crippen molar-refractivity contribution in [3.63, 3.8) is 0 Å². The summed E-state index contributed by atoms with van der Waals surface area (Å²) in [4.78, 5) is 0. The third-order valence-corrected chi connectivity index (χ3v) is 2.61. The fourth-order valence-corrected chi connectivity index (χ4v) is 1.92. The van der Waals surface area contributed by atoms with Crippen LogP contribution < -0.4 is 5.73 Å². The van der Waals surface area contributed by atoms with Gasteiger partial charge in [-0.25, -0.2) is 0 Å². The minimum Gasteiger partial charge on any atom is -0.467 e. The lowest BCUT2D eigenvalue weighted by Crippen LogP contribution is -1.96. The molecule has 0 unspecified atom stereocenters. The molecule has 0 aromatic carbocycles. The molecule has 16 heavy (non-hydrogen) atoms. The van der Waals surface area contributed by atoms with Gasteiger partial charge in [0.1, 0.15) is 5.76 Å². The van der Waals surface area contributed by atoms with E-state index in [-0.39, 0.29) is 0 Å². The summed E-state index contributed by atoms with van der Waals surface area (Å²) in [5.74, 6) is 0.824. The van der Waals surface area contributed by atoms with Gasteiger partial charge in [0.25, 0.3) is 0 Å². The molecule has 0 aliphatic rings. The molecular formula is C12H17N3O. The Morgan fingerprint density at radius 3 is 2.94 bits per heavy atom. The number of furan rings is 1. The standard InChI is InChI=1S/C12H17N3O/c1-3-4-11-10(8-15(2)14-11)9-5-6-16-12(9)7-13/h5-6,8H,3-4,7,13H2,1-2H3. The van der Waals surface area contributed by atoms with Crippen LogP contribution in [0.15, 0.2) is 22.9 Å². The van der Waals surface area contributed by atoms with E-state index < -0.39 is 0 Å². The minimum atomic E-state index is 0.419. The molecule has 0 bridgehead atoms. The van der Waals surface area contributed by atoms with Gasteiger partial charge in [0.15, 0.2) is 0 Å². The first kappa shape index (κ1) is 11.0. The summed E-state index contributed by atoms with van der Waals surface area (Å²) >= 11 is 0. The van der Waals surface area contributed by atoms with Crippen molar-refractivity contribution in [1.82, 2.24) is 9.78 Å². The molecular weight excluding hydrogens is 202 g/mol. The van der Waals surface area contributed by atoms with Gasteiger partial charge in [0.2, 0.25) is 0 Å². The van der Waals surface area contributed by atoms with Crippen molar-refractivity contribution in [2.45, 2.75) is 26.3 Å². The summed E-state index contributed by atoms with van der Waals surface area (Å²) in [6, 6.07) is 1.96. The number of aryl methyl sites for hydroxylation is 2. The van der Waals surface area contributed by atoms with Gasteiger partial charge in [-0.1, -0.05) is 13.3 Å². The van der Waals surface area contributed by atoms with E-state index in [9.17, 15) is 0 Å². The Balaban J connectivity index is 2.46. The van der Waals surface area contributed by atoms with Crippen LogP contribution in [0.5, 0.6) is 0 Å². The first-order valence-corrected chi connectivity index (χ1v) is 5.55. The minimum absolute atomic E-state index is 0.419. The molecule has 4 nitrogen and oxygen atoms in total. The topological polar surface area (TPSA) is 57.0 Å². The summed E-state index contributed by atoms with van der Waals surface area (Å²) < 4.78 is 7.19. The lowest BCUT2D eigenvalue weighted by molar-refractivity contribution is 0.513. The third kappa shape index (κ3) is 1.88. The Hall–Kier alpha value is -1.55. The van der Waals surface area contributed by atoms with Gasteiger partial charge >= 0.3 is 0 Å². The molecule has 0 spiro atoms. The largest absolute Gasteiger partial charge is 0.467 e. The van der Waals surface area contributed by atoms with E-state index in [1.54, 1.807) is 6.26 Å². The molecule has 2 aromatic rings. The second-order valence-electron chi connectivity index (χ2n) is 3.87. The maximum absolute atomic E-state index is 5.64. The van der Waals surface area contributed by atoms with Gasteiger partial charge in [-0.05, 0) is 12.5 Å². The fourth-order valence-electron chi connectivity index (χ4n) is 1.92. The molecule has 0 aliphatic carbocycles. The molecule has 2 N–H and O–H groups in total. The van der Waals surface area contributed by atoms with Gasteiger partial charge in [0.05, 0.1) is 18.5 Å². The number of hydrogen-bond donors (Lipinski definition) is 1. The Kier molecular flexibility index (Phi) is 3.10. The third-order valence-electron chi connectivity index (χ3n) is 2.61. The Bertz CT molecular complexity index is 470. The summed E-state index contributed by atoms with van der Waals surface area (Å²) in [5.41, 5.74) is 8.96. The predicted molar refractivity (Wildman–Crippen MR) is 62.8 cm³/mol. The van der Waals surface area contributed by atoms with Crippen LogP contribution in [0.25, 0.3) is 11.1 Å². The van der Waals surface area contributed by atoms with Crippen LogP contribution in [0, 0.1) is 0 Å². The van der Waals surface area contributed by atoms with Crippen LogP contribution in [-0.2, 0) is 20.0 Å². The van der Waals surface area contributed by atoms with E-state index in [4.69, 9.17) is 10.2 Å². The highest BCUT2D eigenvalue weighted by molar-refractivity contribution is 5.67. The number of rotatable bonds is 4. The Labute approximate surface area is 95.1 Å². The smallest absolute Gasteiger partial charge is 0.125 e. The van der Waals surface area contributed by atoms with Crippen molar-refractivity contribution in [3.05, 3.63) is 30.0 Å². The second kappa shape index (κ2) is 4.53. The maximum Gasteiger partial charge on any atom is 0.125 e. The van der Waals surface area contributed by atoms with Crippen LogP contribution in [0.2, 0.25) is 0 Å². The SMILES string of the molecule is CCCc1nn(C)cc1-c1ccoc1CN. The molecule has 4 heteroatoms. The summed E-state index contributed by atoms with van der Waals surface area (Å²) in [5, 5.41) is 4.47. The monoisotopic (exact) mass is 219 g/mol. The van der Waals surface area contributed by atoms with Crippen LogP contribution in [0.3, 0.4) is 0 Å². The van der Waals surface area contributed by atoms with E-state index in [2.05, 4.69) is 12.0 Å². The molecule has 0 radical (unpaired) electrons. The quantitative estimate of drug-likeness (QED) is 0.856. The van der Waals surface area contributed by atoms with Crippen molar-refractivity contribution in [2.75, 3.05) is 0 Å². The van der Waals surface area contributed by atoms with Crippen LogP contribution in [0.4, 0.5) is 0 Å². The van der Waals surface area contributed by atoms with Gasteiger partial charge in [-0.2, -0.15) is 5.10 Å². The van der Waals surface area contributed by atoms with Gasteiger partial charge in [0, 0.05) is 24.4 Å². The zero-order valence-corrected chi connectivity index (χ0v) is 9.73. The highest BCUT2D eigenvalue weighted by atomic mass is 16.3. The zero-order valence-electron chi connectivity index (χ0n) is 9.73. The van der Waals surface area contributed by atoms with Crippen LogP contribution >= 0.6 is 0 Å². The van der Waals surface area contributed by atoms with Crippen molar-refractivity contribution in [1.29, 1.82) is 0 Å². The molecule has 0 aliphatic heterocycles. The molecule has 0 amide bonds. The normalized spacial score (nSPS) is 10.9. The molecule has 0 fully saturated rings. The van der Waals surface area contributed by atoms with Gasteiger partial charge in [-0.15, -0.1) is 0 Å². The van der Waals surface area contributed by atoms with Crippen molar-refractivity contribution < 1.29 is 4.42 Å². The highest BCUT2D eigenvalue weighted by Crippen LogP contribution is 2.27. The molecule has 2 aromatic heterocycles. The van der Waals surface area contributed by atoms with E-state index in [0.717, 1.165) is 35.4 Å². The van der Waals surface area contributed by atoms with E-state index >= 15 is 0 Å². The molecule has 0 saturated heterocycles. The number of aromatic nitrogens is 2. The fraction of sp³-hybridized carbons (Fsp3) is 0.417. The Morgan fingerprint density at radius 1 is 1.44 bits per heavy atom. The average Bonchev–Trinajstić information content (AvgIpc) is 2.84. The van der Waals surface area contributed by atoms with Crippen LogP contribution in [-0.4, -0.2) is 9.78 Å². The average molecular weight is 219 g/mol. The lowest BCUT2D eigenvalue weighted by Gasteiger charge is -2.00. The lowest BCUT2D eigenvalue weighted by atomic mass is 10.0. The van der Waals surface area contributed by atoms with E-state index in [0.29, 0.717) is 6.54 Å². The number of nitrogens with zero attached hydrogens (tertiary/aromatic N) is 2. The second-order valence-corrected chi connectivity index (χ2v) is 3.87. The maximum atomic E-state index is 5.64. The van der Waals surface area contributed by atoms with Gasteiger partial charge < -0.3 is 10.2 Å². The molecule has 0 saturated carbocycles. The van der Waals surface area contributed by atoms with Gasteiger partial charge in [-0.3, -0.25) is 4.68 Å². The molecule has 86 valence electrons. The first-order valence-electron chi connectivity index (χ1n) is 5.55. The number of nitrogens with two attached hydrogens (primary N) is 1. The highest BCUT2D eigenvalue weighted by Gasteiger charge is 2.14. The van der Waals surface area contributed by atoms with Crippen LogP contribution in [0.1, 0.15) is 24.8 Å². The summed E-state index contributed by atoms with van der Waals surface area (Å²) in [6.45, 7) is 2.57. The summed E-state index contributed by atoms with van der Waals surface area (Å²) in [6.07, 6.45) is 5.76. The Morgan fingerprint density at radius 2 is 2.25 bits per heavy atom. The molecule has 0 atom stereocenters. The van der Waals surface area contributed by atoms with E-state index in [1.165, 1.54) is 0 Å². The summed E-state index contributed by atoms with van der Waals surface area (Å²) in [7, 11) is 1.94. The molecule has 2 rings (SSSR count). The first-order chi connectivity index (χ1) is 7.76.